The zero-order valence-electron chi connectivity index (χ0n) is 12.0. The lowest BCUT2D eigenvalue weighted by molar-refractivity contribution is 0.416. The molecule has 2 rings (SSSR count). The fourth-order valence-corrected chi connectivity index (χ4v) is 3.09. The topological polar surface area (TPSA) is 29.0 Å². The summed E-state index contributed by atoms with van der Waals surface area (Å²) in [5.74, 6) is 2.59. The van der Waals surface area contributed by atoms with Crippen LogP contribution in [0.5, 0.6) is 0 Å². The lowest BCUT2D eigenvalue weighted by atomic mass is 9.94. The predicted molar refractivity (Wildman–Crippen MR) is 81.1 cm³/mol. The van der Waals surface area contributed by atoms with Crippen molar-refractivity contribution in [2.24, 2.45) is 0 Å². The third-order valence-electron chi connectivity index (χ3n) is 3.87. The minimum absolute atomic E-state index is 0.603. The quantitative estimate of drug-likeness (QED) is 0.770. The van der Waals surface area contributed by atoms with Gasteiger partial charge in [-0.1, -0.05) is 26.2 Å². The average Bonchev–Trinajstić information content (AvgIpc) is 2.45. The number of anilines is 1. The number of halogens is 1. The zero-order chi connectivity index (χ0) is 13.7. The second kappa shape index (κ2) is 7.09. The Morgan fingerprint density at radius 2 is 2.00 bits per heavy atom. The predicted octanol–water partition coefficient (Wildman–Crippen LogP) is 3.73. The number of alkyl halides is 1. The first-order valence-corrected chi connectivity index (χ1v) is 7.95. The van der Waals surface area contributed by atoms with Gasteiger partial charge in [0.25, 0.3) is 0 Å². The average molecular weight is 282 g/mol. The van der Waals surface area contributed by atoms with Gasteiger partial charge in [0.15, 0.2) is 0 Å². The molecule has 1 fully saturated rings. The van der Waals surface area contributed by atoms with Gasteiger partial charge in [-0.2, -0.15) is 0 Å². The van der Waals surface area contributed by atoms with Crippen molar-refractivity contribution >= 4 is 17.4 Å². The number of hydrogen-bond donors (Lipinski definition) is 0. The Hall–Kier alpha value is -0.830. The Balaban J connectivity index is 2.24. The van der Waals surface area contributed by atoms with Crippen LogP contribution >= 0.6 is 11.6 Å². The van der Waals surface area contributed by atoms with E-state index < -0.39 is 0 Å². The molecule has 3 nitrogen and oxygen atoms in total. The largest absolute Gasteiger partial charge is 0.352 e. The van der Waals surface area contributed by atoms with E-state index in [2.05, 4.69) is 27.9 Å². The smallest absolute Gasteiger partial charge is 0.132 e. The first-order valence-electron chi connectivity index (χ1n) is 7.41. The summed E-state index contributed by atoms with van der Waals surface area (Å²) in [6.45, 7) is 4.99. The highest BCUT2D eigenvalue weighted by Gasteiger charge is 2.22. The van der Waals surface area contributed by atoms with E-state index >= 15 is 0 Å². The number of rotatable bonds is 5. The van der Waals surface area contributed by atoms with Crippen molar-refractivity contribution in [2.75, 3.05) is 17.3 Å². The van der Waals surface area contributed by atoms with E-state index in [1.807, 2.05) is 6.92 Å². The summed E-state index contributed by atoms with van der Waals surface area (Å²) in [7, 11) is 0. The first-order chi connectivity index (χ1) is 9.24. The molecule has 1 heterocycles. The summed E-state index contributed by atoms with van der Waals surface area (Å²) >= 11 is 5.99. The molecule has 0 aliphatic heterocycles. The van der Waals surface area contributed by atoms with Gasteiger partial charge >= 0.3 is 0 Å². The second-order valence-corrected chi connectivity index (χ2v) is 5.67. The standard InChI is InChI=1S/C15H24ClN3/c1-3-13-11-15(18-12(2)17-13)19(10-9-16)14-7-5-4-6-8-14/h11,14H,3-10H2,1-2H3. The SMILES string of the molecule is CCc1cc(N(CCCl)C2CCCCC2)nc(C)n1. The maximum atomic E-state index is 5.99. The highest BCUT2D eigenvalue weighted by Crippen LogP contribution is 2.26. The van der Waals surface area contributed by atoms with E-state index in [1.165, 1.54) is 32.1 Å². The highest BCUT2D eigenvalue weighted by atomic mass is 35.5. The molecule has 1 saturated carbocycles. The molecular weight excluding hydrogens is 258 g/mol. The molecule has 0 spiro atoms. The van der Waals surface area contributed by atoms with Crippen molar-refractivity contribution in [3.63, 3.8) is 0 Å². The molecular formula is C15H24ClN3. The number of aryl methyl sites for hydroxylation is 2. The van der Waals surface area contributed by atoms with Gasteiger partial charge in [0.1, 0.15) is 11.6 Å². The third kappa shape index (κ3) is 3.82. The molecule has 1 aromatic rings. The molecule has 1 aliphatic rings. The Kier molecular flexibility index (Phi) is 5.44. The minimum atomic E-state index is 0.603. The summed E-state index contributed by atoms with van der Waals surface area (Å²) in [6, 6.07) is 2.74. The Labute approximate surface area is 121 Å². The molecule has 0 unspecified atom stereocenters. The number of hydrogen-bond acceptors (Lipinski definition) is 3. The molecule has 0 radical (unpaired) electrons. The van der Waals surface area contributed by atoms with E-state index in [0.29, 0.717) is 11.9 Å². The zero-order valence-corrected chi connectivity index (χ0v) is 12.8. The molecule has 19 heavy (non-hydrogen) atoms. The molecule has 1 aliphatic carbocycles. The Morgan fingerprint density at radius 1 is 1.26 bits per heavy atom. The maximum absolute atomic E-state index is 5.99. The van der Waals surface area contributed by atoms with Crippen LogP contribution in [0.15, 0.2) is 6.07 Å². The molecule has 0 aromatic carbocycles. The van der Waals surface area contributed by atoms with Gasteiger partial charge < -0.3 is 4.90 Å². The van der Waals surface area contributed by atoms with E-state index in [4.69, 9.17) is 11.6 Å². The van der Waals surface area contributed by atoms with E-state index in [9.17, 15) is 0 Å². The molecule has 0 saturated heterocycles. The van der Waals surface area contributed by atoms with Crippen molar-refractivity contribution in [2.45, 2.75) is 58.4 Å². The van der Waals surface area contributed by atoms with Gasteiger partial charge in [0.2, 0.25) is 0 Å². The molecule has 0 bridgehead atoms. The summed E-state index contributed by atoms with van der Waals surface area (Å²) in [6.07, 6.45) is 7.51. The van der Waals surface area contributed by atoms with Gasteiger partial charge in [-0.25, -0.2) is 9.97 Å². The lowest BCUT2D eigenvalue weighted by Gasteiger charge is -2.35. The monoisotopic (exact) mass is 281 g/mol. The first kappa shape index (κ1) is 14.6. The second-order valence-electron chi connectivity index (χ2n) is 5.29. The molecule has 0 N–H and O–H groups in total. The van der Waals surface area contributed by atoms with Crippen LogP contribution in [-0.2, 0) is 6.42 Å². The third-order valence-corrected chi connectivity index (χ3v) is 4.04. The Bertz CT molecular complexity index is 402. The van der Waals surface area contributed by atoms with Gasteiger partial charge in [-0.3, -0.25) is 0 Å². The van der Waals surface area contributed by atoms with E-state index in [0.717, 1.165) is 30.3 Å². The van der Waals surface area contributed by atoms with Gasteiger partial charge in [-0.05, 0) is 26.2 Å². The maximum Gasteiger partial charge on any atom is 0.132 e. The fourth-order valence-electron chi connectivity index (χ4n) is 2.91. The number of nitrogens with zero attached hydrogens (tertiary/aromatic N) is 3. The number of aromatic nitrogens is 2. The van der Waals surface area contributed by atoms with Crippen molar-refractivity contribution in [3.05, 3.63) is 17.6 Å². The lowest BCUT2D eigenvalue weighted by Crippen LogP contribution is -2.39. The minimum Gasteiger partial charge on any atom is -0.352 e. The molecule has 0 atom stereocenters. The van der Waals surface area contributed by atoms with Crippen LogP contribution in [0, 0.1) is 6.92 Å². The summed E-state index contributed by atoms with van der Waals surface area (Å²) in [5.41, 5.74) is 1.12. The van der Waals surface area contributed by atoms with Crippen molar-refractivity contribution in [3.8, 4) is 0 Å². The molecule has 1 aromatic heterocycles. The summed E-state index contributed by atoms with van der Waals surface area (Å²) < 4.78 is 0. The molecule has 4 heteroatoms. The summed E-state index contributed by atoms with van der Waals surface area (Å²) in [5, 5.41) is 0. The van der Waals surface area contributed by atoms with Crippen molar-refractivity contribution in [1.29, 1.82) is 0 Å². The van der Waals surface area contributed by atoms with Crippen LogP contribution in [0.3, 0.4) is 0 Å². The van der Waals surface area contributed by atoms with Crippen LogP contribution in [0.2, 0.25) is 0 Å². The van der Waals surface area contributed by atoms with E-state index in [1.54, 1.807) is 0 Å². The molecule has 106 valence electrons. The van der Waals surface area contributed by atoms with Crippen molar-refractivity contribution < 1.29 is 0 Å². The van der Waals surface area contributed by atoms with Crippen LogP contribution in [0.1, 0.15) is 50.5 Å². The van der Waals surface area contributed by atoms with Crippen molar-refractivity contribution in [1.82, 2.24) is 9.97 Å². The van der Waals surface area contributed by atoms with Gasteiger partial charge in [0.05, 0.1) is 0 Å². The molecule has 0 amide bonds. The highest BCUT2D eigenvalue weighted by molar-refractivity contribution is 6.18. The normalized spacial score (nSPS) is 16.6. The van der Waals surface area contributed by atoms with Gasteiger partial charge in [0, 0.05) is 30.2 Å². The van der Waals surface area contributed by atoms with E-state index in [-0.39, 0.29) is 0 Å². The van der Waals surface area contributed by atoms with Crippen LogP contribution in [-0.4, -0.2) is 28.4 Å². The van der Waals surface area contributed by atoms with Crippen LogP contribution in [0.4, 0.5) is 5.82 Å². The van der Waals surface area contributed by atoms with Gasteiger partial charge in [-0.15, -0.1) is 11.6 Å². The van der Waals surface area contributed by atoms with Crippen LogP contribution < -0.4 is 4.90 Å². The summed E-state index contributed by atoms with van der Waals surface area (Å²) in [4.78, 5) is 11.5. The van der Waals surface area contributed by atoms with Crippen LogP contribution in [0.25, 0.3) is 0 Å². The fraction of sp³-hybridized carbons (Fsp3) is 0.733. The Morgan fingerprint density at radius 3 is 2.63 bits per heavy atom.